The minimum atomic E-state index is 0.0590. The van der Waals surface area contributed by atoms with E-state index in [2.05, 4.69) is 29.7 Å². The van der Waals surface area contributed by atoms with E-state index in [1.165, 1.54) is 10.4 Å². The highest BCUT2D eigenvalue weighted by atomic mass is 32.1. The molecule has 1 saturated heterocycles. The van der Waals surface area contributed by atoms with Gasteiger partial charge in [-0.15, -0.1) is 11.3 Å². The number of carbonyl (C=O) groups is 1. The molecular weight excluding hydrogens is 344 g/mol. The molecule has 0 unspecified atom stereocenters. The van der Waals surface area contributed by atoms with Crippen molar-refractivity contribution >= 4 is 17.2 Å². The maximum Gasteiger partial charge on any atom is 0.261 e. The van der Waals surface area contributed by atoms with E-state index < -0.39 is 0 Å². The van der Waals surface area contributed by atoms with Crippen LogP contribution in [0.25, 0.3) is 10.4 Å². The third kappa shape index (κ3) is 3.85. The van der Waals surface area contributed by atoms with Gasteiger partial charge < -0.3 is 15.4 Å². The zero-order valence-corrected chi connectivity index (χ0v) is 16.0. The lowest BCUT2D eigenvalue weighted by molar-refractivity contribution is 0.0653. The summed E-state index contributed by atoms with van der Waals surface area (Å²) < 4.78 is 5.42. The number of hydrogen-bond donors (Lipinski definition) is 2. The molecule has 0 radical (unpaired) electrons. The molecule has 1 saturated carbocycles. The van der Waals surface area contributed by atoms with Crippen LogP contribution in [-0.4, -0.2) is 37.2 Å². The van der Waals surface area contributed by atoms with Gasteiger partial charge in [0, 0.05) is 36.2 Å². The molecule has 1 aliphatic carbocycles. The molecule has 138 valence electrons. The monoisotopic (exact) mass is 370 g/mol. The maximum atomic E-state index is 12.7. The summed E-state index contributed by atoms with van der Waals surface area (Å²) in [6.07, 6.45) is 4.34. The molecule has 5 heteroatoms. The van der Waals surface area contributed by atoms with Crippen molar-refractivity contribution in [1.29, 1.82) is 0 Å². The van der Waals surface area contributed by atoms with Gasteiger partial charge in [-0.05, 0) is 49.8 Å². The van der Waals surface area contributed by atoms with Gasteiger partial charge in [0.1, 0.15) is 0 Å². The summed E-state index contributed by atoms with van der Waals surface area (Å²) in [4.78, 5) is 14.7. The minimum absolute atomic E-state index is 0.0590. The minimum Gasteiger partial charge on any atom is -0.381 e. The first-order chi connectivity index (χ1) is 12.7. The number of hydrogen-bond acceptors (Lipinski definition) is 4. The van der Waals surface area contributed by atoms with Crippen LogP contribution >= 0.6 is 11.3 Å². The Bertz CT molecular complexity index is 753. The van der Waals surface area contributed by atoms with Gasteiger partial charge in [0.15, 0.2) is 0 Å². The van der Waals surface area contributed by atoms with E-state index in [0.717, 1.165) is 49.3 Å². The van der Waals surface area contributed by atoms with Gasteiger partial charge in [0.2, 0.25) is 0 Å². The van der Waals surface area contributed by atoms with Crippen LogP contribution in [0.1, 0.15) is 40.9 Å². The normalized spacial score (nSPS) is 23.4. The van der Waals surface area contributed by atoms with Crippen LogP contribution in [0.2, 0.25) is 0 Å². The van der Waals surface area contributed by atoms with Crippen LogP contribution in [0.4, 0.5) is 0 Å². The molecule has 2 fully saturated rings. The molecular formula is C21H26N2O2S. The highest BCUT2D eigenvalue weighted by Gasteiger charge is 2.34. The molecule has 4 rings (SSSR count). The Kier molecular flexibility index (Phi) is 5.38. The van der Waals surface area contributed by atoms with Crippen LogP contribution in [0.5, 0.6) is 0 Å². The predicted octanol–water partition coefficient (Wildman–Crippen LogP) is 3.75. The number of benzene rings is 1. The van der Waals surface area contributed by atoms with Crippen molar-refractivity contribution in [3.63, 3.8) is 0 Å². The fourth-order valence-electron chi connectivity index (χ4n) is 3.75. The van der Waals surface area contributed by atoms with E-state index >= 15 is 0 Å². The molecule has 1 aliphatic heterocycles. The molecule has 2 aliphatic rings. The quantitative estimate of drug-likeness (QED) is 0.843. The summed E-state index contributed by atoms with van der Waals surface area (Å²) in [5.74, 6) is 0.0590. The van der Waals surface area contributed by atoms with Crippen molar-refractivity contribution in [2.75, 3.05) is 13.2 Å². The Labute approximate surface area is 159 Å². The second-order valence-corrected chi connectivity index (χ2v) is 8.36. The lowest BCUT2D eigenvalue weighted by atomic mass is 9.85. The van der Waals surface area contributed by atoms with Crippen LogP contribution in [0, 0.1) is 6.92 Å². The van der Waals surface area contributed by atoms with E-state index in [0.29, 0.717) is 12.1 Å². The molecule has 4 nitrogen and oxygen atoms in total. The Morgan fingerprint density at radius 2 is 1.81 bits per heavy atom. The van der Waals surface area contributed by atoms with Crippen molar-refractivity contribution < 1.29 is 9.53 Å². The first-order valence-corrected chi connectivity index (χ1v) is 10.3. The Hall–Kier alpha value is -1.69. The smallest absolute Gasteiger partial charge is 0.261 e. The number of amides is 1. The molecule has 2 heterocycles. The number of rotatable bonds is 5. The van der Waals surface area contributed by atoms with Crippen LogP contribution in [0.15, 0.2) is 36.4 Å². The first kappa shape index (κ1) is 17.7. The van der Waals surface area contributed by atoms with E-state index in [4.69, 9.17) is 4.74 Å². The highest BCUT2D eigenvalue weighted by Crippen LogP contribution is 2.32. The molecule has 1 aromatic heterocycles. The van der Waals surface area contributed by atoms with Gasteiger partial charge >= 0.3 is 0 Å². The average Bonchev–Trinajstić information content (AvgIpc) is 3.06. The van der Waals surface area contributed by atoms with Gasteiger partial charge in [-0.2, -0.15) is 0 Å². The van der Waals surface area contributed by atoms with Gasteiger partial charge in [0.05, 0.1) is 4.88 Å². The first-order valence-electron chi connectivity index (χ1n) is 9.51. The van der Waals surface area contributed by atoms with Crippen molar-refractivity contribution in [1.82, 2.24) is 10.6 Å². The zero-order chi connectivity index (χ0) is 17.9. The molecule has 0 bridgehead atoms. The van der Waals surface area contributed by atoms with Crippen molar-refractivity contribution in [3.8, 4) is 10.4 Å². The van der Waals surface area contributed by atoms with E-state index in [9.17, 15) is 4.79 Å². The van der Waals surface area contributed by atoms with Gasteiger partial charge in [-0.3, -0.25) is 4.79 Å². The second-order valence-electron chi connectivity index (χ2n) is 7.31. The Morgan fingerprint density at radius 3 is 2.50 bits per heavy atom. The van der Waals surface area contributed by atoms with Gasteiger partial charge in [-0.25, -0.2) is 0 Å². The number of carbonyl (C=O) groups excluding carboxylic acids is 1. The standard InChI is InChI=1S/C21H26N2O2S/c1-14-13-19(26-20(14)15-5-3-2-4-6-15)21(24)23-18-8-7-17(18)22-16-9-11-25-12-10-16/h2-6,13,16-18,22H,7-12H2,1H3,(H,23,24)/t17-,18+/m0/s1. The lowest BCUT2D eigenvalue weighted by Gasteiger charge is -2.40. The number of nitrogens with one attached hydrogen (secondary N) is 2. The fraction of sp³-hybridized carbons (Fsp3) is 0.476. The van der Waals surface area contributed by atoms with E-state index in [-0.39, 0.29) is 11.9 Å². The molecule has 2 atom stereocenters. The third-order valence-electron chi connectivity index (χ3n) is 5.44. The molecule has 2 N–H and O–H groups in total. The summed E-state index contributed by atoms with van der Waals surface area (Å²) in [5, 5.41) is 6.96. The second kappa shape index (κ2) is 7.91. The topological polar surface area (TPSA) is 50.4 Å². The summed E-state index contributed by atoms with van der Waals surface area (Å²) in [7, 11) is 0. The lowest BCUT2D eigenvalue weighted by Crippen LogP contribution is -2.59. The SMILES string of the molecule is Cc1cc(C(=O)N[C@@H]2CC[C@@H]2NC2CCOCC2)sc1-c1ccccc1. The fourth-order valence-corrected chi connectivity index (χ4v) is 4.83. The molecule has 2 aromatic rings. The average molecular weight is 371 g/mol. The summed E-state index contributed by atoms with van der Waals surface area (Å²) in [5.41, 5.74) is 2.34. The number of aryl methyl sites for hydroxylation is 1. The summed E-state index contributed by atoms with van der Waals surface area (Å²) in [6.45, 7) is 3.77. The molecule has 1 amide bonds. The van der Waals surface area contributed by atoms with Crippen LogP contribution in [-0.2, 0) is 4.74 Å². The van der Waals surface area contributed by atoms with E-state index in [1.54, 1.807) is 11.3 Å². The highest BCUT2D eigenvalue weighted by molar-refractivity contribution is 7.17. The van der Waals surface area contributed by atoms with Crippen LogP contribution < -0.4 is 10.6 Å². The van der Waals surface area contributed by atoms with Gasteiger partial charge in [0.25, 0.3) is 5.91 Å². The zero-order valence-electron chi connectivity index (χ0n) is 15.2. The number of ether oxygens (including phenoxy) is 1. The van der Waals surface area contributed by atoms with Crippen LogP contribution in [0.3, 0.4) is 0 Å². The number of thiophene rings is 1. The Morgan fingerprint density at radius 1 is 1.08 bits per heavy atom. The molecule has 0 spiro atoms. The summed E-state index contributed by atoms with van der Waals surface area (Å²) in [6, 6.07) is 13.5. The third-order valence-corrected chi connectivity index (χ3v) is 6.72. The summed E-state index contributed by atoms with van der Waals surface area (Å²) >= 11 is 1.59. The predicted molar refractivity (Wildman–Crippen MR) is 106 cm³/mol. The molecule has 1 aromatic carbocycles. The van der Waals surface area contributed by atoms with Crippen molar-refractivity contribution in [2.45, 2.75) is 50.7 Å². The molecule has 26 heavy (non-hydrogen) atoms. The van der Waals surface area contributed by atoms with Crippen molar-refractivity contribution in [2.24, 2.45) is 0 Å². The maximum absolute atomic E-state index is 12.7. The Balaban J connectivity index is 1.37. The van der Waals surface area contributed by atoms with E-state index in [1.807, 2.05) is 24.3 Å². The van der Waals surface area contributed by atoms with Gasteiger partial charge in [-0.1, -0.05) is 30.3 Å². The largest absolute Gasteiger partial charge is 0.381 e. The van der Waals surface area contributed by atoms with Crippen molar-refractivity contribution in [3.05, 3.63) is 46.8 Å².